The molecule has 0 aromatic rings. The second kappa shape index (κ2) is 6.44. The van der Waals surface area contributed by atoms with Gasteiger partial charge in [-0.15, -0.1) is 0 Å². The van der Waals surface area contributed by atoms with Gasteiger partial charge in [-0.25, -0.2) is 4.79 Å². The monoisotopic (exact) mass is 293 g/mol. The zero-order chi connectivity index (χ0) is 15.3. The fourth-order valence-corrected chi connectivity index (χ4v) is 1.73. The Bertz CT molecular complexity index is 454. The topological polar surface area (TPSA) is 75.6 Å². The normalized spacial score (nSPS) is 21.4. The van der Waals surface area contributed by atoms with Crippen LogP contribution in [0, 0.1) is 0 Å². The Morgan fingerprint density at radius 2 is 2.05 bits per heavy atom. The van der Waals surface area contributed by atoms with Gasteiger partial charge >= 0.3 is 12.3 Å². The molecule has 0 bridgehead atoms. The molecule has 0 aromatic heterocycles. The molecule has 1 aliphatic heterocycles. The van der Waals surface area contributed by atoms with Crippen molar-refractivity contribution in [2.24, 2.45) is 0 Å². The standard InChI is InChI=1S/C10H9F3O2.C2H5NO2/c11-10(12,13)9-4-1-6-5-7(14)2-3-8(6)15-9;1-3-2(4)5/h2-3,9H,1,4-5H2;3H,1H3,(H,4,5). The molecule has 8 heteroatoms. The Labute approximate surface area is 113 Å². The zero-order valence-corrected chi connectivity index (χ0v) is 10.7. The average Bonchev–Trinajstić information content (AvgIpc) is 2.37. The summed E-state index contributed by atoms with van der Waals surface area (Å²) in [5.74, 6) is 0.144. The number of halogens is 3. The summed E-state index contributed by atoms with van der Waals surface area (Å²) in [5, 5.41) is 9.56. The third-order valence-corrected chi connectivity index (χ3v) is 2.71. The molecule has 0 radical (unpaired) electrons. The van der Waals surface area contributed by atoms with Crippen LogP contribution in [-0.4, -0.2) is 36.3 Å². The molecule has 2 N–H and O–H groups in total. The van der Waals surface area contributed by atoms with Gasteiger partial charge in [0.1, 0.15) is 5.76 Å². The maximum Gasteiger partial charge on any atom is 0.425 e. The Hall–Kier alpha value is -1.99. The van der Waals surface area contributed by atoms with Crippen LogP contribution in [0.3, 0.4) is 0 Å². The summed E-state index contributed by atoms with van der Waals surface area (Å²) in [7, 11) is 1.35. The fraction of sp³-hybridized carbons (Fsp3) is 0.500. The highest BCUT2D eigenvalue weighted by Crippen LogP contribution is 2.36. The van der Waals surface area contributed by atoms with Gasteiger partial charge in [-0.3, -0.25) is 4.79 Å². The van der Waals surface area contributed by atoms with Crippen molar-refractivity contribution >= 4 is 11.9 Å². The van der Waals surface area contributed by atoms with Crippen molar-refractivity contribution < 1.29 is 32.6 Å². The fourth-order valence-electron chi connectivity index (χ4n) is 1.73. The Morgan fingerprint density at radius 1 is 1.45 bits per heavy atom. The Balaban J connectivity index is 0.000000347. The molecule has 1 atom stereocenters. The van der Waals surface area contributed by atoms with E-state index in [1.165, 1.54) is 19.2 Å². The molecule has 5 nitrogen and oxygen atoms in total. The number of amides is 1. The number of hydrogen-bond donors (Lipinski definition) is 2. The zero-order valence-electron chi connectivity index (χ0n) is 10.7. The van der Waals surface area contributed by atoms with Crippen LogP contribution in [0.5, 0.6) is 0 Å². The molecule has 20 heavy (non-hydrogen) atoms. The lowest BCUT2D eigenvalue weighted by molar-refractivity contribution is -0.213. The summed E-state index contributed by atoms with van der Waals surface area (Å²) in [6, 6.07) is 0. The van der Waals surface area contributed by atoms with Gasteiger partial charge in [0.2, 0.25) is 0 Å². The largest absolute Gasteiger partial charge is 0.481 e. The van der Waals surface area contributed by atoms with Crippen LogP contribution in [0.4, 0.5) is 18.0 Å². The Kier molecular flexibility index (Phi) is 5.18. The first kappa shape index (κ1) is 16.1. The van der Waals surface area contributed by atoms with E-state index in [0.717, 1.165) is 0 Å². The first-order chi connectivity index (χ1) is 9.24. The van der Waals surface area contributed by atoms with Crippen molar-refractivity contribution in [1.82, 2.24) is 5.32 Å². The van der Waals surface area contributed by atoms with Gasteiger partial charge in [0.15, 0.2) is 11.9 Å². The molecule has 0 aromatic carbocycles. The molecule has 0 saturated heterocycles. The van der Waals surface area contributed by atoms with E-state index in [1.54, 1.807) is 0 Å². The molecule has 1 heterocycles. The summed E-state index contributed by atoms with van der Waals surface area (Å²) >= 11 is 0. The molecule has 0 fully saturated rings. The number of rotatable bonds is 0. The molecule has 1 aliphatic carbocycles. The molecule has 2 rings (SSSR count). The van der Waals surface area contributed by atoms with Crippen molar-refractivity contribution in [3.05, 3.63) is 23.5 Å². The van der Waals surface area contributed by atoms with E-state index >= 15 is 0 Å². The summed E-state index contributed by atoms with van der Waals surface area (Å²) in [5.41, 5.74) is 0.683. The van der Waals surface area contributed by atoms with Crippen molar-refractivity contribution in [3.8, 4) is 0 Å². The van der Waals surface area contributed by atoms with Crippen molar-refractivity contribution in [1.29, 1.82) is 0 Å². The van der Waals surface area contributed by atoms with E-state index in [9.17, 15) is 22.8 Å². The van der Waals surface area contributed by atoms with Crippen LogP contribution < -0.4 is 5.32 Å². The summed E-state index contributed by atoms with van der Waals surface area (Å²) in [6.07, 6.45) is -4.07. The average molecular weight is 293 g/mol. The Morgan fingerprint density at radius 3 is 2.55 bits per heavy atom. The quantitative estimate of drug-likeness (QED) is 0.719. The predicted octanol–water partition coefficient (Wildman–Crippen LogP) is 2.39. The molecule has 2 aliphatic rings. The number of carbonyl (C=O) groups excluding carboxylic acids is 1. The minimum atomic E-state index is -4.33. The second-order valence-electron chi connectivity index (χ2n) is 4.19. The number of ether oxygens (including phenoxy) is 1. The first-order valence-electron chi connectivity index (χ1n) is 5.81. The first-order valence-corrected chi connectivity index (χ1v) is 5.81. The van der Waals surface area contributed by atoms with E-state index in [4.69, 9.17) is 9.84 Å². The molecule has 1 amide bonds. The lowest BCUT2D eigenvalue weighted by Gasteiger charge is -2.29. The van der Waals surface area contributed by atoms with Crippen LogP contribution in [0.15, 0.2) is 23.5 Å². The molecular formula is C12H14F3NO4. The van der Waals surface area contributed by atoms with Gasteiger partial charge in [0.25, 0.3) is 0 Å². The lowest BCUT2D eigenvalue weighted by atomic mass is 9.94. The number of carboxylic acid groups (broad SMARTS) is 1. The highest BCUT2D eigenvalue weighted by atomic mass is 19.4. The van der Waals surface area contributed by atoms with Gasteiger partial charge in [0.05, 0.1) is 0 Å². The highest BCUT2D eigenvalue weighted by Gasteiger charge is 2.43. The van der Waals surface area contributed by atoms with Gasteiger partial charge < -0.3 is 15.2 Å². The number of hydrogen-bond acceptors (Lipinski definition) is 3. The minimum absolute atomic E-state index is 0.0807. The van der Waals surface area contributed by atoms with Crippen molar-refractivity contribution in [3.63, 3.8) is 0 Å². The third kappa shape index (κ3) is 4.60. The van der Waals surface area contributed by atoms with Crippen LogP contribution in [0.25, 0.3) is 0 Å². The lowest BCUT2D eigenvalue weighted by Crippen LogP contribution is -2.34. The number of nitrogens with one attached hydrogen (secondary N) is 1. The predicted molar refractivity (Wildman–Crippen MR) is 63.0 cm³/mol. The van der Waals surface area contributed by atoms with Gasteiger partial charge in [-0.1, -0.05) is 0 Å². The smallest absolute Gasteiger partial charge is 0.425 e. The van der Waals surface area contributed by atoms with Crippen molar-refractivity contribution in [2.45, 2.75) is 31.5 Å². The third-order valence-electron chi connectivity index (χ3n) is 2.71. The van der Waals surface area contributed by atoms with Gasteiger partial charge in [0, 0.05) is 13.5 Å². The van der Waals surface area contributed by atoms with Crippen LogP contribution >= 0.6 is 0 Å². The van der Waals surface area contributed by atoms with Gasteiger partial charge in [-0.2, -0.15) is 13.2 Å². The molecular weight excluding hydrogens is 279 g/mol. The van der Waals surface area contributed by atoms with E-state index in [0.29, 0.717) is 5.57 Å². The van der Waals surface area contributed by atoms with E-state index in [2.05, 4.69) is 0 Å². The van der Waals surface area contributed by atoms with E-state index in [1.807, 2.05) is 5.32 Å². The molecule has 112 valence electrons. The van der Waals surface area contributed by atoms with E-state index < -0.39 is 18.4 Å². The summed E-state index contributed by atoms with van der Waals surface area (Å²) < 4.78 is 41.8. The second-order valence-corrected chi connectivity index (χ2v) is 4.19. The van der Waals surface area contributed by atoms with E-state index in [-0.39, 0.29) is 30.8 Å². The molecule has 0 saturated carbocycles. The van der Waals surface area contributed by atoms with Crippen LogP contribution in [0.1, 0.15) is 19.3 Å². The summed E-state index contributed by atoms with van der Waals surface area (Å²) in [6.45, 7) is 0. The maximum absolute atomic E-state index is 12.3. The van der Waals surface area contributed by atoms with Crippen molar-refractivity contribution in [2.75, 3.05) is 7.05 Å². The number of allylic oxidation sites excluding steroid dienone is 3. The number of carbonyl (C=O) groups is 2. The number of alkyl halides is 3. The summed E-state index contributed by atoms with van der Waals surface area (Å²) in [4.78, 5) is 20.3. The molecule has 0 spiro atoms. The molecule has 1 unspecified atom stereocenters. The van der Waals surface area contributed by atoms with Crippen LogP contribution in [0.2, 0.25) is 0 Å². The number of ketones is 1. The SMILES string of the molecule is CNC(=O)O.O=C1C=CC2=C(CCC(C(F)(F)F)O2)C1. The maximum atomic E-state index is 12.3. The van der Waals surface area contributed by atoms with Gasteiger partial charge in [-0.05, 0) is 30.6 Å². The highest BCUT2D eigenvalue weighted by molar-refractivity contribution is 5.93. The van der Waals surface area contributed by atoms with Crippen LogP contribution in [-0.2, 0) is 9.53 Å². The minimum Gasteiger partial charge on any atom is -0.481 e.